The molecule has 0 aliphatic rings. The topological polar surface area (TPSA) is 42.4 Å². The minimum Gasteiger partial charge on any atom is -0.501 e. The molecular weight excluding hydrogens is 321 g/mol. The number of alkyl halides is 3. The molecule has 0 aliphatic carbocycles. The Morgan fingerprint density at radius 3 is 2.50 bits per heavy atom. The van der Waals surface area contributed by atoms with Gasteiger partial charge in [0.15, 0.2) is 5.75 Å². The Kier molecular flexibility index (Phi) is 3.02. The van der Waals surface area contributed by atoms with E-state index in [0.717, 1.165) is 6.20 Å². The molecule has 1 aromatic rings. The minimum absolute atomic E-state index is 0.140. The van der Waals surface area contributed by atoms with E-state index in [2.05, 4.69) is 9.72 Å². The van der Waals surface area contributed by atoms with Gasteiger partial charge < -0.3 is 9.84 Å². The van der Waals surface area contributed by atoms with E-state index in [1.54, 1.807) is 0 Å². The standard InChI is InChI=1S/C6H2F4INO2/c7-5-3(13)4(2(11)1-12-5)14-6(8,9)10/h1,13H. The van der Waals surface area contributed by atoms with Gasteiger partial charge in [0.1, 0.15) is 0 Å². The second-order valence-electron chi connectivity index (χ2n) is 2.12. The number of aromatic nitrogens is 1. The minimum atomic E-state index is -4.98. The fourth-order valence-corrected chi connectivity index (χ4v) is 1.16. The molecule has 0 aliphatic heterocycles. The third-order valence-electron chi connectivity index (χ3n) is 1.14. The molecule has 0 radical (unpaired) electrons. The summed E-state index contributed by atoms with van der Waals surface area (Å²) in [5.41, 5.74) is 0. The molecule has 0 fully saturated rings. The van der Waals surface area contributed by atoms with Gasteiger partial charge in [-0.15, -0.1) is 13.2 Å². The van der Waals surface area contributed by atoms with E-state index in [1.165, 1.54) is 22.6 Å². The predicted octanol–water partition coefficient (Wildman–Crippen LogP) is 2.43. The van der Waals surface area contributed by atoms with Crippen molar-refractivity contribution in [3.05, 3.63) is 15.7 Å². The van der Waals surface area contributed by atoms with Crippen molar-refractivity contribution in [1.82, 2.24) is 4.98 Å². The van der Waals surface area contributed by atoms with Crippen LogP contribution < -0.4 is 4.74 Å². The van der Waals surface area contributed by atoms with Crippen LogP contribution in [0.15, 0.2) is 6.20 Å². The fraction of sp³-hybridized carbons (Fsp3) is 0.167. The highest BCUT2D eigenvalue weighted by Crippen LogP contribution is 2.36. The van der Waals surface area contributed by atoms with Gasteiger partial charge in [-0.1, -0.05) is 0 Å². The first kappa shape index (κ1) is 11.3. The van der Waals surface area contributed by atoms with E-state index in [-0.39, 0.29) is 3.57 Å². The van der Waals surface area contributed by atoms with Crippen LogP contribution in [0.2, 0.25) is 0 Å². The summed E-state index contributed by atoms with van der Waals surface area (Å²) in [7, 11) is 0. The number of rotatable bonds is 1. The van der Waals surface area contributed by atoms with E-state index in [4.69, 9.17) is 5.11 Å². The Morgan fingerprint density at radius 1 is 1.43 bits per heavy atom. The Labute approximate surface area is 88.8 Å². The number of aromatic hydroxyl groups is 1. The SMILES string of the molecule is Oc1c(F)ncc(I)c1OC(F)(F)F. The van der Waals surface area contributed by atoms with Gasteiger partial charge in [-0.05, 0) is 22.6 Å². The number of pyridine rings is 1. The Balaban J connectivity index is 3.13. The molecule has 1 heterocycles. The van der Waals surface area contributed by atoms with Crippen LogP contribution in [0.25, 0.3) is 0 Å². The maximum absolute atomic E-state index is 12.5. The molecule has 1 N–H and O–H groups in total. The zero-order valence-electron chi connectivity index (χ0n) is 6.27. The zero-order chi connectivity index (χ0) is 10.9. The Hall–Kier alpha value is -0.800. The zero-order valence-corrected chi connectivity index (χ0v) is 8.43. The summed E-state index contributed by atoms with van der Waals surface area (Å²) in [6.07, 6.45) is -4.16. The molecule has 0 atom stereocenters. The maximum Gasteiger partial charge on any atom is 0.573 e. The van der Waals surface area contributed by atoms with Crippen molar-refractivity contribution in [2.75, 3.05) is 0 Å². The highest BCUT2D eigenvalue weighted by Gasteiger charge is 2.34. The molecule has 78 valence electrons. The van der Waals surface area contributed by atoms with Gasteiger partial charge >= 0.3 is 6.36 Å². The van der Waals surface area contributed by atoms with E-state index in [9.17, 15) is 17.6 Å². The molecule has 14 heavy (non-hydrogen) atoms. The van der Waals surface area contributed by atoms with E-state index < -0.39 is 23.8 Å². The van der Waals surface area contributed by atoms with Crippen LogP contribution in [0, 0.1) is 9.52 Å². The van der Waals surface area contributed by atoms with Crippen molar-refractivity contribution in [2.24, 2.45) is 0 Å². The predicted molar refractivity (Wildman–Crippen MR) is 45.3 cm³/mol. The summed E-state index contributed by atoms with van der Waals surface area (Å²) in [5, 5.41) is 8.87. The molecule has 3 nitrogen and oxygen atoms in total. The van der Waals surface area contributed by atoms with Gasteiger partial charge in [0, 0.05) is 6.20 Å². The lowest BCUT2D eigenvalue weighted by atomic mass is 10.4. The highest BCUT2D eigenvalue weighted by molar-refractivity contribution is 14.1. The van der Waals surface area contributed by atoms with E-state index >= 15 is 0 Å². The molecule has 0 spiro atoms. The van der Waals surface area contributed by atoms with Gasteiger partial charge in [-0.3, -0.25) is 0 Å². The third-order valence-corrected chi connectivity index (χ3v) is 1.90. The molecule has 0 saturated carbocycles. The van der Waals surface area contributed by atoms with Crippen molar-refractivity contribution in [3.63, 3.8) is 0 Å². The van der Waals surface area contributed by atoms with Crippen LogP contribution in [0.5, 0.6) is 11.5 Å². The van der Waals surface area contributed by atoms with Gasteiger partial charge in [0.05, 0.1) is 3.57 Å². The maximum atomic E-state index is 12.5. The second-order valence-corrected chi connectivity index (χ2v) is 3.28. The van der Waals surface area contributed by atoms with Gasteiger partial charge in [-0.25, -0.2) is 4.98 Å². The Morgan fingerprint density at radius 2 is 2.00 bits per heavy atom. The number of hydrogen-bond donors (Lipinski definition) is 1. The lowest BCUT2D eigenvalue weighted by molar-refractivity contribution is -0.275. The average molecular weight is 323 g/mol. The van der Waals surface area contributed by atoms with Gasteiger partial charge in [-0.2, -0.15) is 4.39 Å². The molecule has 0 saturated heterocycles. The van der Waals surface area contributed by atoms with Crippen molar-refractivity contribution < 1.29 is 27.4 Å². The Bertz CT molecular complexity index is 354. The molecule has 8 heteroatoms. The van der Waals surface area contributed by atoms with Gasteiger partial charge in [0.2, 0.25) is 5.75 Å². The molecular formula is C6H2F4INO2. The molecule has 0 unspecified atom stereocenters. The highest BCUT2D eigenvalue weighted by atomic mass is 127. The molecule has 0 aromatic carbocycles. The van der Waals surface area contributed by atoms with Crippen LogP contribution in [-0.4, -0.2) is 16.5 Å². The van der Waals surface area contributed by atoms with Crippen molar-refractivity contribution in [2.45, 2.75) is 6.36 Å². The summed E-state index contributed by atoms with van der Waals surface area (Å²) in [6.45, 7) is 0. The lowest BCUT2D eigenvalue weighted by Crippen LogP contribution is -2.18. The van der Waals surface area contributed by atoms with E-state index in [1.807, 2.05) is 0 Å². The first-order valence-corrected chi connectivity index (χ1v) is 4.18. The molecule has 0 bridgehead atoms. The smallest absolute Gasteiger partial charge is 0.501 e. The molecule has 1 aromatic heterocycles. The second kappa shape index (κ2) is 3.75. The summed E-state index contributed by atoms with van der Waals surface area (Å²) >= 11 is 1.43. The first-order chi connectivity index (χ1) is 6.31. The number of ether oxygens (including phenoxy) is 1. The summed E-state index contributed by atoms with van der Waals surface area (Å²) in [4.78, 5) is 3.00. The average Bonchev–Trinajstić information content (AvgIpc) is 2.04. The number of halogens is 5. The van der Waals surface area contributed by atoms with Crippen LogP contribution >= 0.6 is 22.6 Å². The lowest BCUT2D eigenvalue weighted by Gasteiger charge is -2.11. The van der Waals surface area contributed by atoms with Crippen LogP contribution in [0.1, 0.15) is 0 Å². The molecule has 0 amide bonds. The monoisotopic (exact) mass is 323 g/mol. The van der Waals surface area contributed by atoms with Crippen molar-refractivity contribution in [3.8, 4) is 11.5 Å². The van der Waals surface area contributed by atoms with Gasteiger partial charge in [0.25, 0.3) is 5.95 Å². The summed E-state index contributed by atoms with van der Waals surface area (Å²) in [6, 6.07) is 0. The third kappa shape index (κ3) is 2.59. The number of nitrogens with zero attached hydrogens (tertiary/aromatic N) is 1. The van der Waals surface area contributed by atoms with E-state index in [0.29, 0.717) is 0 Å². The van der Waals surface area contributed by atoms with Crippen molar-refractivity contribution in [1.29, 1.82) is 0 Å². The van der Waals surface area contributed by atoms with Crippen LogP contribution in [0.3, 0.4) is 0 Å². The quantitative estimate of drug-likeness (QED) is 0.490. The van der Waals surface area contributed by atoms with Crippen LogP contribution in [-0.2, 0) is 0 Å². The summed E-state index contributed by atoms with van der Waals surface area (Å²) < 4.78 is 51.0. The van der Waals surface area contributed by atoms with Crippen molar-refractivity contribution >= 4 is 22.6 Å². The largest absolute Gasteiger partial charge is 0.573 e. The normalized spacial score (nSPS) is 11.5. The summed E-state index contributed by atoms with van der Waals surface area (Å²) in [5.74, 6) is -3.65. The first-order valence-electron chi connectivity index (χ1n) is 3.10. The molecule has 1 rings (SSSR count). The fourth-order valence-electron chi connectivity index (χ4n) is 0.653. The number of hydrogen-bond acceptors (Lipinski definition) is 3. The van der Waals surface area contributed by atoms with Crippen LogP contribution in [0.4, 0.5) is 17.6 Å².